The molecule has 0 unspecified atom stereocenters. The van der Waals surface area contributed by atoms with Crippen LogP contribution < -0.4 is 10.0 Å². The number of nitrogens with one attached hydrogen (secondary N) is 2. The number of pyridine rings is 1. The van der Waals surface area contributed by atoms with E-state index >= 15 is 0 Å². The zero-order valence-electron chi connectivity index (χ0n) is 8.20. The van der Waals surface area contributed by atoms with Crippen molar-refractivity contribution in [3.05, 3.63) is 22.8 Å². The van der Waals surface area contributed by atoms with Gasteiger partial charge in [0.05, 0.1) is 10.2 Å². The van der Waals surface area contributed by atoms with Crippen LogP contribution in [0.2, 0.25) is 0 Å². The van der Waals surface area contributed by atoms with Gasteiger partial charge in [-0.1, -0.05) is 0 Å². The first-order valence-electron chi connectivity index (χ1n) is 4.31. The Bertz CT molecular complexity index is 422. The molecule has 0 aromatic carbocycles. The van der Waals surface area contributed by atoms with Crippen molar-refractivity contribution in [1.29, 1.82) is 0 Å². The highest BCUT2D eigenvalue weighted by atomic mass is 79.9. The first-order chi connectivity index (χ1) is 7.05. The maximum atomic E-state index is 11.5. The monoisotopic (exact) mass is 293 g/mol. The lowest BCUT2D eigenvalue weighted by molar-refractivity contribution is 0.598. The molecule has 0 fully saturated rings. The Balaban J connectivity index is 2.74. The third kappa shape index (κ3) is 4.15. The third-order valence-electron chi connectivity index (χ3n) is 1.63. The molecular formula is C8H12BrN3O2S. The predicted octanol–water partition coefficient (Wildman–Crippen LogP) is 0.805. The molecule has 1 aromatic heterocycles. The summed E-state index contributed by atoms with van der Waals surface area (Å²) >= 11 is 3.21. The van der Waals surface area contributed by atoms with Crippen molar-refractivity contribution in [2.24, 2.45) is 0 Å². The van der Waals surface area contributed by atoms with Gasteiger partial charge in [0.25, 0.3) is 0 Å². The Morgan fingerprint density at radius 1 is 1.53 bits per heavy atom. The van der Waals surface area contributed by atoms with Crippen LogP contribution in [0.1, 0.15) is 0 Å². The van der Waals surface area contributed by atoms with Crippen molar-refractivity contribution in [2.75, 3.05) is 24.1 Å². The largest absolute Gasteiger partial charge is 0.319 e. The molecular weight excluding hydrogens is 282 g/mol. The van der Waals surface area contributed by atoms with E-state index in [0.29, 0.717) is 16.8 Å². The lowest BCUT2D eigenvalue weighted by Gasteiger charge is -2.07. The minimum atomic E-state index is -3.32. The molecule has 15 heavy (non-hydrogen) atoms. The van der Waals surface area contributed by atoms with E-state index in [1.165, 1.54) is 6.20 Å². The zero-order chi connectivity index (χ0) is 11.3. The van der Waals surface area contributed by atoms with E-state index in [1.54, 1.807) is 19.2 Å². The first-order valence-corrected chi connectivity index (χ1v) is 6.75. The van der Waals surface area contributed by atoms with Gasteiger partial charge in [-0.2, -0.15) is 0 Å². The summed E-state index contributed by atoms with van der Waals surface area (Å²) in [6.45, 7) is 0.403. The molecule has 0 saturated heterocycles. The second kappa shape index (κ2) is 5.43. The van der Waals surface area contributed by atoms with Crippen LogP contribution in [0.15, 0.2) is 22.8 Å². The third-order valence-corrected chi connectivity index (χ3v) is 3.52. The normalized spacial score (nSPS) is 11.3. The Morgan fingerprint density at radius 2 is 2.27 bits per heavy atom. The van der Waals surface area contributed by atoms with E-state index in [9.17, 15) is 8.42 Å². The highest BCUT2D eigenvalue weighted by molar-refractivity contribution is 9.10. The lowest BCUT2D eigenvalue weighted by atomic mass is 10.5. The van der Waals surface area contributed by atoms with Gasteiger partial charge in [-0.15, -0.1) is 0 Å². The number of nitrogens with zero attached hydrogens (tertiary/aromatic N) is 1. The summed E-state index contributed by atoms with van der Waals surface area (Å²) < 4.78 is 26.0. The Morgan fingerprint density at radius 3 is 2.87 bits per heavy atom. The first kappa shape index (κ1) is 12.4. The van der Waals surface area contributed by atoms with Gasteiger partial charge < -0.3 is 5.32 Å². The van der Waals surface area contributed by atoms with Crippen molar-refractivity contribution in [2.45, 2.75) is 0 Å². The molecule has 1 rings (SSSR count). The van der Waals surface area contributed by atoms with E-state index in [4.69, 9.17) is 0 Å². The van der Waals surface area contributed by atoms with Crippen LogP contribution in [-0.2, 0) is 10.0 Å². The summed E-state index contributed by atoms with van der Waals surface area (Å²) in [5, 5.41) is 2.77. The summed E-state index contributed by atoms with van der Waals surface area (Å²) in [6, 6.07) is 3.44. The van der Waals surface area contributed by atoms with Gasteiger partial charge in [0.15, 0.2) is 5.82 Å². The molecule has 5 nitrogen and oxygen atoms in total. The fourth-order valence-electron chi connectivity index (χ4n) is 0.896. The van der Waals surface area contributed by atoms with Crippen LogP contribution in [0.4, 0.5) is 5.82 Å². The second-order valence-electron chi connectivity index (χ2n) is 2.86. The van der Waals surface area contributed by atoms with Crippen LogP contribution in [0.3, 0.4) is 0 Å². The van der Waals surface area contributed by atoms with Gasteiger partial charge in [0.1, 0.15) is 0 Å². The summed E-state index contributed by atoms with van der Waals surface area (Å²) in [5.74, 6) is 0.334. The number of sulfonamides is 1. The molecule has 1 aromatic rings. The van der Waals surface area contributed by atoms with E-state index in [2.05, 4.69) is 31.0 Å². The summed E-state index contributed by atoms with van der Waals surface area (Å²) in [4.78, 5) is 3.91. The molecule has 0 spiro atoms. The molecule has 7 heteroatoms. The Kier molecular flexibility index (Phi) is 4.49. The number of rotatable bonds is 5. The van der Waals surface area contributed by atoms with Crippen LogP contribution in [0, 0.1) is 0 Å². The van der Waals surface area contributed by atoms with Crippen LogP contribution in [0.5, 0.6) is 0 Å². The number of anilines is 1. The van der Waals surface area contributed by atoms with E-state index in [-0.39, 0.29) is 5.75 Å². The lowest BCUT2D eigenvalue weighted by Crippen LogP contribution is -2.25. The van der Waals surface area contributed by atoms with E-state index in [1.807, 2.05) is 0 Å². The Hall–Kier alpha value is -0.660. The molecule has 2 N–H and O–H groups in total. The van der Waals surface area contributed by atoms with E-state index in [0.717, 1.165) is 0 Å². The molecule has 0 aliphatic heterocycles. The molecule has 0 bridgehead atoms. The van der Waals surface area contributed by atoms with E-state index < -0.39 is 10.0 Å². The molecule has 0 aliphatic carbocycles. The topological polar surface area (TPSA) is 71.1 Å². The summed E-state index contributed by atoms with van der Waals surface area (Å²) in [7, 11) is -1.62. The summed E-state index contributed by atoms with van der Waals surface area (Å²) in [6.07, 6.45) is 1.53. The van der Waals surface area contributed by atoms with Gasteiger partial charge in [-0.25, -0.2) is 13.4 Å². The highest BCUT2D eigenvalue weighted by Crippen LogP contribution is 2.19. The van der Waals surface area contributed by atoms with Gasteiger partial charge in [-0.3, -0.25) is 4.72 Å². The van der Waals surface area contributed by atoms with Crippen LogP contribution in [-0.4, -0.2) is 32.7 Å². The smallest absolute Gasteiger partial charge is 0.235 e. The van der Waals surface area contributed by atoms with Crippen molar-refractivity contribution in [3.63, 3.8) is 0 Å². The van der Waals surface area contributed by atoms with Crippen molar-refractivity contribution < 1.29 is 8.42 Å². The zero-order valence-corrected chi connectivity index (χ0v) is 10.6. The maximum absolute atomic E-state index is 11.5. The number of hydrogen-bond acceptors (Lipinski definition) is 4. The molecule has 84 valence electrons. The highest BCUT2D eigenvalue weighted by Gasteiger charge is 2.11. The van der Waals surface area contributed by atoms with Gasteiger partial charge in [0.2, 0.25) is 10.0 Å². The molecule has 0 amide bonds. The average molecular weight is 294 g/mol. The van der Waals surface area contributed by atoms with Crippen molar-refractivity contribution in [1.82, 2.24) is 10.3 Å². The minimum absolute atomic E-state index is 0.0204. The molecule has 0 radical (unpaired) electrons. The fourth-order valence-corrected chi connectivity index (χ4v) is 2.41. The van der Waals surface area contributed by atoms with Crippen LogP contribution in [0.25, 0.3) is 0 Å². The molecule has 1 heterocycles. The Labute approximate surface area is 97.5 Å². The van der Waals surface area contributed by atoms with Crippen molar-refractivity contribution >= 4 is 31.8 Å². The van der Waals surface area contributed by atoms with Crippen molar-refractivity contribution in [3.8, 4) is 0 Å². The second-order valence-corrected chi connectivity index (χ2v) is 5.55. The number of hydrogen-bond donors (Lipinski definition) is 2. The standard InChI is InChI=1S/C8H12BrN3O2S/c1-10-5-6-15(13,14)12-8-7(9)3-2-4-11-8/h2-4,10H,5-6H2,1H3,(H,11,12). The SMILES string of the molecule is CNCCS(=O)(=O)Nc1ncccc1Br. The number of halogens is 1. The minimum Gasteiger partial charge on any atom is -0.319 e. The fraction of sp³-hybridized carbons (Fsp3) is 0.375. The quantitative estimate of drug-likeness (QED) is 0.843. The molecule has 0 aliphatic rings. The van der Waals surface area contributed by atoms with Gasteiger partial charge in [0, 0.05) is 12.7 Å². The molecule has 0 saturated carbocycles. The maximum Gasteiger partial charge on any atom is 0.235 e. The predicted molar refractivity (Wildman–Crippen MR) is 63.3 cm³/mol. The van der Waals surface area contributed by atoms with Gasteiger partial charge >= 0.3 is 0 Å². The van der Waals surface area contributed by atoms with Crippen LogP contribution >= 0.6 is 15.9 Å². The molecule has 0 atom stereocenters. The van der Waals surface area contributed by atoms with Gasteiger partial charge in [-0.05, 0) is 35.1 Å². The average Bonchev–Trinajstić information content (AvgIpc) is 2.18. The number of aromatic nitrogens is 1. The summed E-state index contributed by atoms with van der Waals surface area (Å²) in [5.41, 5.74) is 0.